The molecule has 3 N–H and O–H groups in total. The van der Waals surface area contributed by atoms with Gasteiger partial charge in [-0.05, 0) is 6.07 Å². The highest BCUT2D eigenvalue weighted by Gasteiger charge is 2.16. The van der Waals surface area contributed by atoms with E-state index in [1.54, 1.807) is 13.1 Å². The van der Waals surface area contributed by atoms with Crippen LogP contribution in [0.4, 0.5) is 5.69 Å². The Labute approximate surface area is 157 Å². The normalized spacial score (nSPS) is 11.3. The number of sulfonamides is 1. The van der Waals surface area contributed by atoms with Gasteiger partial charge in [0.2, 0.25) is 10.0 Å². The van der Waals surface area contributed by atoms with Gasteiger partial charge in [-0.1, -0.05) is 12.1 Å². The third-order valence-corrected chi connectivity index (χ3v) is 4.14. The molecule has 0 unspecified atom stereocenters. The molecule has 0 amide bonds. The van der Waals surface area contributed by atoms with E-state index in [4.69, 9.17) is 0 Å². The van der Waals surface area contributed by atoms with E-state index in [0.29, 0.717) is 19.0 Å². The van der Waals surface area contributed by atoms with Gasteiger partial charge < -0.3 is 10.6 Å². The van der Waals surface area contributed by atoms with E-state index in [9.17, 15) is 18.5 Å². The second kappa shape index (κ2) is 10.9. The molecule has 0 saturated heterocycles. The zero-order valence-corrected chi connectivity index (χ0v) is 16.2. The Morgan fingerprint density at radius 2 is 2.08 bits per heavy atom. The molecule has 1 rings (SSSR count). The van der Waals surface area contributed by atoms with Gasteiger partial charge in [0.25, 0.3) is 5.69 Å². The molecule has 0 aromatic heterocycles. The highest BCUT2D eigenvalue weighted by Crippen LogP contribution is 2.16. The lowest BCUT2D eigenvalue weighted by atomic mass is 10.3. The Balaban J connectivity index is 0.00000529. The number of nitrogens with one attached hydrogen (secondary N) is 3. The minimum atomic E-state index is -3.81. The summed E-state index contributed by atoms with van der Waals surface area (Å²) in [5.41, 5.74) is -0.278. The van der Waals surface area contributed by atoms with Crippen molar-refractivity contribution in [3.8, 4) is 0 Å². The van der Waals surface area contributed by atoms with E-state index in [2.05, 4.69) is 26.9 Å². The van der Waals surface area contributed by atoms with E-state index in [-0.39, 0.29) is 41.1 Å². The van der Waals surface area contributed by atoms with Gasteiger partial charge in [0, 0.05) is 38.8 Å². The highest BCUT2D eigenvalue weighted by molar-refractivity contribution is 14.0. The number of non-ortho nitro benzene ring substituents is 1. The maximum absolute atomic E-state index is 12.1. The zero-order valence-electron chi connectivity index (χ0n) is 13.1. The number of nitro groups is 1. The van der Waals surface area contributed by atoms with Crippen LogP contribution in [0.3, 0.4) is 0 Å². The Bertz CT molecular complexity index is 693. The Kier molecular flexibility index (Phi) is 10.1. The average molecular weight is 469 g/mol. The largest absolute Gasteiger partial charge is 0.355 e. The molecule has 0 aliphatic carbocycles. The molecule has 0 spiro atoms. The summed E-state index contributed by atoms with van der Waals surface area (Å²) in [5.74, 6) is 0.513. The summed E-state index contributed by atoms with van der Waals surface area (Å²) in [7, 11) is -2.22. The van der Waals surface area contributed by atoms with Gasteiger partial charge in [-0.25, -0.2) is 13.1 Å². The van der Waals surface area contributed by atoms with Crippen molar-refractivity contribution >= 4 is 45.6 Å². The summed E-state index contributed by atoms with van der Waals surface area (Å²) in [6, 6.07) is 4.87. The molecule has 0 aliphatic rings. The third kappa shape index (κ3) is 7.23. The summed E-state index contributed by atoms with van der Waals surface area (Å²) in [6.45, 7) is 4.48. The lowest BCUT2D eigenvalue weighted by molar-refractivity contribution is -0.385. The molecule has 0 aliphatic heterocycles. The summed E-state index contributed by atoms with van der Waals surface area (Å²) >= 11 is 0. The van der Waals surface area contributed by atoms with Gasteiger partial charge in [0.1, 0.15) is 0 Å². The van der Waals surface area contributed by atoms with Gasteiger partial charge in [0.05, 0.1) is 9.82 Å². The fourth-order valence-electron chi connectivity index (χ4n) is 1.60. The zero-order chi connectivity index (χ0) is 17.3. The van der Waals surface area contributed by atoms with Crippen molar-refractivity contribution in [1.82, 2.24) is 15.4 Å². The van der Waals surface area contributed by atoms with Crippen LogP contribution in [-0.2, 0) is 10.0 Å². The first kappa shape index (κ1) is 22.3. The van der Waals surface area contributed by atoms with Crippen molar-refractivity contribution in [1.29, 1.82) is 0 Å². The lowest BCUT2D eigenvalue weighted by Gasteiger charge is -2.11. The minimum Gasteiger partial charge on any atom is -0.355 e. The van der Waals surface area contributed by atoms with E-state index in [0.717, 1.165) is 6.07 Å². The lowest BCUT2D eigenvalue weighted by Crippen LogP contribution is -2.41. The van der Waals surface area contributed by atoms with E-state index < -0.39 is 14.9 Å². The molecule has 11 heteroatoms. The van der Waals surface area contributed by atoms with Crippen LogP contribution >= 0.6 is 24.0 Å². The van der Waals surface area contributed by atoms with Crippen LogP contribution in [0.25, 0.3) is 0 Å². The number of rotatable bonds is 8. The minimum absolute atomic E-state index is 0. The number of halogens is 1. The maximum Gasteiger partial charge on any atom is 0.270 e. The molecule has 134 valence electrons. The smallest absolute Gasteiger partial charge is 0.270 e. The Morgan fingerprint density at radius 1 is 1.38 bits per heavy atom. The molecule has 0 bridgehead atoms. The summed E-state index contributed by atoms with van der Waals surface area (Å²) in [4.78, 5) is 13.8. The number of benzene rings is 1. The first-order chi connectivity index (χ1) is 10.9. The van der Waals surface area contributed by atoms with Crippen LogP contribution in [0.2, 0.25) is 0 Å². The molecule has 24 heavy (non-hydrogen) atoms. The SMILES string of the molecule is C=CCNC(=NC)NCCNS(=O)(=O)c1cccc([N+](=O)[O-])c1.I. The van der Waals surface area contributed by atoms with Gasteiger partial charge in [-0.2, -0.15) is 0 Å². The van der Waals surface area contributed by atoms with Gasteiger partial charge in [-0.15, -0.1) is 30.6 Å². The van der Waals surface area contributed by atoms with Gasteiger partial charge in [-0.3, -0.25) is 15.1 Å². The molecular formula is C13H20IN5O4S. The number of aliphatic imine (C=N–C) groups is 1. The molecule has 0 fully saturated rings. The van der Waals surface area contributed by atoms with Crippen molar-refractivity contribution < 1.29 is 13.3 Å². The van der Waals surface area contributed by atoms with Crippen LogP contribution < -0.4 is 15.4 Å². The number of nitrogens with zero attached hydrogens (tertiary/aromatic N) is 2. The van der Waals surface area contributed by atoms with Crippen LogP contribution in [0.1, 0.15) is 0 Å². The molecule has 9 nitrogen and oxygen atoms in total. The van der Waals surface area contributed by atoms with Gasteiger partial charge in [0.15, 0.2) is 5.96 Å². The molecule has 1 aromatic rings. The number of hydrogen-bond acceptors (Lipinski definition) is 5. The Morgan fingerprint density at radius 3 is 2.67 bits per heavy atom. The van der Waals surface area contributed by atoms with Crippen LogP contribution in [0.15, 0.2) is 46.8 Å². The predicted molar refractivity (Wildman–Crippen MR) is 103 cm³/mol. The number of hydrogen-bond donors (Lipinski definition) is 3. The summed E-state index contributed by atoms with van der Waals surface area (Å²) < 4.78 is 26.5. The fourth-order valence-corrected chi connectivity index (χ4v) is 2.67. The third-order valence-electron chi connectivity index (χ3n) is 2.69. The Hall–Kier alpha value is -1.73. The van der Waals surface area contributed by atoms with Crippen LogP contribution in [0.5, 0.6) is 0 Å². The molecule has 1 aromatic carbocycles. The van der Waals surface area contributed by atoms with Crippen LogP contribution in [-0.4, -0.2) is 46.0 Å². The highest BCUT2D eigenvalue weighted by atomic mass is 127. The second-order valence-electron chi connectivity index (χ2n) is 4.32. The van der Waals surface area contributed by atoms with Crippen molar-refractivity contribution in [3.05, 3.63) is 47.0 Å². The average Bonchev–Trinajstić information content (AvgIpc) is 2.54. The van der Waals surface area contributed by atoms with Crippen molar-refractivity contribution in [2.45, 2.75) is 4.90 Å². The summed E-state index contributed by atoms with van der Waals surface area (Å²) in [6.07, 6.45) is 1.66. The second-order valence-corrected chi connectivity index (χ2v) is 6.09. The van der Waals surface area contributed by atoms with E-state index >= 15 is 0 Å². The topological polar surface area (TPSA) is 126 Å². The van der Waals surface area contributed by atoms with Crippen molar-refractivity contribution in [2.75, 3.05) is 26.7 Å². The molecule has 0 radical (unpaired) electrons. The van der Waals surface area contributed by atoms with Crippen LogP contribution in [0, 0.1) is 10.1 Å². The first-order valence-electron chi connectivity index (χ1n) is 6.70. The standard InChI is InChI=1S/C13H19N5O4S.HI/c1-3-7-15-13(14-2)16-8-9-17-23(21,22)12-6-4-5-11(10-12)18(19)20;/h3-6,10,17H,1,7-9H2,2H3,(H2,14,15,16);1H. The quantitative estimate of drug-likeness (QED) is 0.0986. The monoisotopic (exact) mass is 469 g/mol. The van der Waals surface area contributed by atoms with E-state index in [1.165, 1.54) is 18.2 Å². The van der Waals surface area contributed by atoms with Gasteiger partial charge >= 0.3 is 0 Å². The maximum atomic E-state index is 12.1. The van der Waals surface area contributed by atoms with E-state index in [1.807, 2.05) is 0 Å². The first-order valence-corrected chi connectivity index (χ1v) is 8.18. The molecular weight excluding hydrogens is 449 g/mol. The molecule has 0 atom stereocenters. The van der Waals surface area contributed by atoms with Crippen molar-refractivity contribution in [2.24, 2.45) is 4.99 Å². The fraction of sp³-hybridized carbons (Fsp3) is 0.308. The number of guanidine groups is 1. The number of nitro benzene ring substituents is 1. The summed E-state index contributed by atoms with van der Waals surface area (Å²) in [5, 5.41) is 16.5. The predicted octanol–water partition coefficient (Wildman–Crippen LogP) is 0.842. The molecule has 0 saturated carbocycles. The van der Waals surface area contributed by atoms with Crippen molar-refractivity contribution in [3.63, 3.8) is 0 Å². The molecule has 0 heterocycles.